The number of rotatable bonds is 6. The van der Waals surface area contributed by atoms with Crippen LogP contribution in [0.1, 0.15) is 26.1 Å². The van der Waals surface area contributed by atoms with Crippen LogP contribution < -0.4 is 0 Å². The monoisotopic (exact) mass is 284 g/mol. The number of carbonyl (C=O) groups is 1. The Morgan fingerprint density at radius 2 is 2.33 bits per heavy atom. The normalized spacial score (nSPS) is 10.7. The number of hydrogen-bond acceptors (Lipinski definition) is 6. The smallest absolute Gasteiger partial charge is 0.365 e. The largest absolute Gasteiger partial charge is 0.476 e. The summed E-state index contributed by atoms with van der Waals surface area (Å²) < 4.78 is 5.47. The zero-order valence-electron chi connectivity index (χ0n) is 9.75. The number of nitrogens with zero attached hydrogens (tertiary/aromatic N) is 2. The predicted octanol–water partition coefficient (Wildman–Crippen LogP) is 2.37. The highest BCUT2D eigenvalue weighted by Crippen LogP contribution is 2.14. The van der Waals surface area contributed by atoms with Crippen molar-refractivity contribution in [2.45, 2.75) is 20.0 Å². The van der Waals surface area contributed by atoms with Crippen molar-refractivity contribution in [1.29, 1.82) is 0 Å². The van der Waals surface area contributed by atoms with Gasteiger partial charge in [-0.2, -0.15) is 0 Å². The maximum Gasteiger partial charge on any atom is 0.365 e. The van der Waals surface area contributed by atoms with E-state index in [-0.39, 0.29) is 5.01 Å². The summed E-state index contributed by atoms with van der Waals surface area (Å²) in [5.41, 5.74) is 3.54. The fourth-order valence-electron chi connectivity index (χ4n) is 1.38. The van der Waals surface area contributed by atoms with E-state index in [1.54, 1.807) is 16.7 Å². The first-order chi connectivity index (χ1) is 8.66. The topological polar surface area (TPSA) is 72.3 Å². The molecule has 0 bridgehead atoms. The Hall–Kier alpha value is -1.31. The molecule has 18 heavy (non-hydrogen) atoms. The Balaban J connectivity index is 1.75. The Kier molecular flexibility index (Phi) is 4.40. The van der Waals surface area contributed by atoms with Gasteiger partial charge < -0.3 is 9.84 Å². The first-order valence-corrected chi connectivity index (χ1v) is 7.07. The number of ether oxygens (including phenoxy) is 1. The molecule has 2 heterocycles. The van der Waals surface area contributed by atoms with Gasteiger partial charge in [-0.25, -0.2) is 14.8 Å². The fourth-order valence-corrected chi connectivity index (χ4v) is 2.78. The number of aromatic carboxylic acids is 1. The Bertz CT molecular complexity index is 536. The van der Waals surface area contributed by atoms with E-state index in [9.17, 15) is 4.79 Å². The minimum absolute atomic E-state index is 0.104. The molecule has 1 N–H and O–H groups in total. The number of carboxylic acid groups (broad SMARTS) is 1. The van der Waals surface area contributed by atoms with Crippen molar-refractivity contribution in [2.75, 3.05) is 6.61 Å². The van der Waals surface area contributed by atoms with Crippen LogP contribution in [0.3, 0.4) is 0 Å². The minimum Gasteiger partial charge on any atom is -0.476 e. The van der Waals surface area contributed by atoms with Crippen molar-refractivity contribution < 1.29 is 14.6 Å². The van der Waals surface area contributed by atoms with E-state index in [1.807, 2.05) is 12.4 Å². The predicted molar refractivity (Wildman–Crippen MR) is 69.3 cm³/mol. The first-order valence-electron chi connectivity index (χ1n) is 5.31. The molecule has 2 aromatic heterocycles. The van der Waals surface area contributed by atoms with Crippen LogP contribution in [0, 0.1) is 6.92 Å². The SMILES string of the molecule is Cc1ncsc1CCOCc1csc(C(=O)O)n1. The molecule has 0 radical (unpaired) electrons. The lowest BCUT2D eigenvalue weighted by Crippen LogP contribution is -2.00. The molecule has 0 unspecified atom stereocenters. The van der Waals surface area contributed by atoms with Crippen LogP contribution in [0.2, 0.25) is 0 Å². The lowest BCUT2D eigenvalue weighted by molar-refractivity contribution is 0.0695. The van der Waals surface area contributed by atoms with Gasteiger partial charge in [0.2, 0.25) is 5.01 Å². The lowest BCUT2D eigenvalue weighted by Gasteiger charge is -2.01. The molecule has 0 aromatic carbocycles. The van der Waals surface area contributed by atoms with E-state index in [0.29, 0.717) is 18.9 Å². The molecule has 0 spiro atoms. The molecular weight excluding hydrogens is 272 g/mol. The van der Waals surface area contributed by atoms with Gasteiger partial charge in [-0.1, -0.05) is 0 Å². The quantitative estimate of drug-likeness (QED) is 0.824. The Morgan fingerprint density at radius 1 is 1.50 bits per heavy atom. The molecular formula is C11H12N2O3S2. The summed E-state index contributed by atoms with van der Waals surface area (Å²) in [5, 5.41) is 10.5. The second-order valence-electron chi connectivity index (χ2n) is 3.61. The molecule has 0 saturated heterocycles. The van der Waals surface area contributed by atoms with E-state index >= 15 is 0 Å². The minimum atomic E-state index is -0.994. The van der Waals surface area contributed by atoms with Gasteiger partial charge in [0, 0.05) is 16.7 Å². The molecule has 96 valence electrons. The Morgan fingerprint density at radius 3 is 2.94 bits per heavy atom. The summed E-state index contributed by atoms with van der Waals surface area (Å²) in [6.45, 7) is 2.91. The molecule has 0 aliphatic heterocycles. The van der Waals surface area contributed by atoms with E-state index in [0.717, 1.165) is 23.5 Å². The zero-order valence-corrected chi connectivity index (χ0v) is 11.4. The van der Waals surface area contributed by atoms with Gasteiger partial charge >= 0.3 is 5.97 Å². The highest BCUT2D eigenvalue weighted by molar-refractivity contribution is 7.11. The van der Waals surface area contributed by atoms with Crippen LogP contribution in [0.25, 0.3) is 0 Å². The van der Waals surface area contributed by atoms with Gasteiger partial charge in [-0.3, -0.25) is 0 Å². The highest BCUT2D eigenvalue weighted by Gasteiger charge is 2.08. The number of carboxylic acids is 1. The van der Waals surface area contributed by atoms with Crippen LogP contribution in [-0.2, 0) is 17.8 Å². The third kappa shape index (κ3) is 3.34. The number of aromatic nitrogens is 2. The molecule has 0 amide bonds. The van der Waals surface area contributed by atoms with Gasteiger partial charge in [0.1, 0.15) is 0 Å². The van der Waals surface area contributed by atoms with Gasteiger partial charge in [0.25, 0.3) is 0 Å². The summed E-state index contributed by atoms with van der Waals surface area (Å²) in [4.78, 5) is 20.0. The molecule has 0 aliphatic rings. The molecule has 0 fully saturated rings. The maximum absolute atomic E-state index is 10.6. The fraction of sp³-hybridized carbons (Fsp3) is 0.364. The average molecular weight is 284 g/mol. The van der Waals surface area contributed by atoms with Gasteiger partial charge in [0.15, 0.2) is 0 Å². The second kappa shape index (κ2) is 6.03. The van der Waals surface area contributed by atoms with E-state index in [4.69, 9.17) is 9.84 Å². The average Bonchev–Trinajstić information content (AvgIpc) is 2.94. The summed E-state index contributed by atoms with van der Waals surface area (Å²) in [7, 11) is 0. The summed E-state index contributed by atoms with van der Waals surface area (Å²) in [5.74, 6) is -0.994. The van der Waals surface area contributed by atoms with Crippen LogP contribution in [-0.4, -0.2) is 27.7 Å². The third-order valence-corrected chi connectivity index (χ3v) is 4.18. The number of hydrogen-bond donors (Lipinski definition) is 1. The molecule has 7 heteroatoms. The lowest BCUT2D eigenvalue weighted by atomic mass is 10.3. The first kappa shape index (κ1) is 13.1. The van der Waals surface area contributed by atoms with E-state index in [2.05, 4.69) is 9.97 Å². The van der Waals surface area contributed by atoms with Crippen molar-refractivity contribution in [3.8, 4) is 0 Å². The van der Waals surface area contributed by atoms with Crippen LogP contribution in [0.4, 0.5) is 0 Å². The summed E-state index contributed by atoms with van der Waals surface area (Å²) >= 11 is 2.74. The van der Waals surface area contributed by atoms with Crippen LogP contribution in [0.15, 0.2) is 10.9 Å². The van der Waals surface area contributed by atoms with Gasteiger partial charge in [0.05, 0.1) is 30.1 Å². The second-order valence-corrected chi connectivity index (χ2v) is 5.41. The standard InChI is InChI=1S/C11H12N2O3S2/c1-7-9(18-6-12-7)2-3-16-4-8-5-17-10(13-8)11(14)15/h5-6H,2-4H2,1H3,(H,14,15). The van der Waals surface area contributed by atoms with Crippen molar-refractivity contribution >= 4 is 28.6 Å². The van der Waals surface area contributed by atoms with Crippen LogP contribution >= 0.6 is 22.7 Å². The maximum atomic E-state index is 10.6. The number of aryl methyl sites for hydroxylation is 1. The van der Waals surface area contributed by atoms with Gasteiger partial charge in [-0.05, 0) is 6.92 Å². The molecule has 2 aromatic rings. The molecule has 0 atom stereocenters. The zero-order chi connectivity index (χ0) is 13.0. The molecule has 2 rings (SSSR count). The van der Waals surface area contributed by atoms with Crippen molar-refractivity contribution in [3.05, 3.63) is 32.2 Å². The molecule has 0 saturated carbocycles. The van der Waals surface area contributed by atoms with Crippen molar-refractivity contribution in [1.82, 2.24) is 9.97 Å². The van der Waals surface area contributed by atoms with Crippen LogP contribution in [0.5, 0.6) is 0 Å². The summed E-state index contributed by atoms with van der Waals surface area (Å²) in [6.07, 6.45) is 0.826. The van der Waals surface area contributed by atoms with Crippen molar-refractivity contribution in [3.63, 3.8) is 0 Å². The van der Waals surface area contributed by atoms with E-state index < -0.39 is 5.97 Å². The van der Waals surface area contributed by atoms with Gasteiger partial charge in [-0.15, -0.1) is 22.7 Å². The summed E-state index contributed by atoms with van der Waals surface area (Å²) in [6, 6.07) is 0. The Labute approximate surface area is 112 Å². The highest BCUT2D eigenvalue weighted by atomic mass is 32.1. The number of thiazole rings is 2. The van der Waals surface area contributed by atoms with Crippen molar-refractivity contribution in [2.24, 2.45) is 0 Å². The molecule has 5 nitrogen and oxygen atoms in total. The third-order valence-electron chi connectivity index (χ3n) is 2.30. The van der Waals surface area contributed by atoms with E-state index in [1.165, 1.54) is 4.88 Å². The molecule has 0 aliphatic carbocycles.